The van der Waals surface area contributed by atoms with Crippen LogP contribution in [0.2, 0.25) is 0 Å². The first-order chi connectivity index (χ1) is 8.74. The second kappa shape index (κ2) is 6.35. The lowest BCUT2D eigenvalue weighted by molar-refractivity contribution is 0.0810. The molecule has 0 amide bonds. The summed E-state index contributed by atoms with van der Waals surface area (Å²) < 4.78 is 0. The minimum Gasteiger partial charge on any atom is -0.396 e. The van der Waals surface area contributed by atoms with E-state index in [1.807, 2.05) is 0 Å². The van der Waals surface area contributed by atoms with Gasteiger partial charge in [-0.15, -0.1) is 0 Å². The van der Waals surface area contributed by atoms with E-state index in [-0.39, 0.29) is 5.41 Å². The van der Waals surface area contributed by atoms with E-state index in [9.17, 15) is 5.11 Å². The zero-order valence-electron chi connectivity index (χ0n) is 11.4. The van der Waals surface area contributed by atoms with Crippen molar-refractivity contribution in [1.82, 2.24) is 5.32 Å². The maximum atomic E-state index is 9.64. The maximum Gasteiger partial charge on any atom is 0.0499 e. The average Bonchev–Trinajstić information content (AvgIpc) is 2.40. The summed E-state index contributed by atoms with van der Waals surface area (Å²) in [4.78, 5) is 0. The van der Waals surface area contributed by atoms with Crippen molar-refractivity contribution in [3.05, 3.63) is 35.4 Å². The molecule has 2 heteroatoms. The molecule has 1 fully saturated rings. The van der Waals surface area contributed by atoms with E-state index in [1.54, 1.807) is 0 Å². The number of rotatable bonds is 5. The summed E-state index contributed by atoms with van der Waals surface area (Å²) in [6.07, 6.45) is 6.22. The highest BCUT2D eigenvalue weighted by atomic mass is 16.3. The summed E-state index contributed by atoms with van der Waals surface area (Å²) in [5, 5.41) is 13.2. The third-order valence-corrected chi connectivity index (χ3v) is 4.16. The molecule has 0 unspecified atom stereocenters. The van der Waals surface area contributed by atoms with Gasteiger partial charge in [-0.25, -0.2) is 0 Å². The van der Waals surface area contributed by atoms with Crippen molar-refractivity contribution in [1.29, 1.82) is 0 Å². The van der Waals surface area contributed by atoms with Crippen LogP contribution in [0.5, 0.6) is 0 Å². The zero-order chi connectivity index (χ0) is 12.8. The number of nitrogens with one attached hydrogen (secondary N) is 1. The van der Waals surface area contributed by atoms with E-state index in [4.69, 9.17) is 0 Å². The minimum absolute atomic E-state index is 0.141. The Balaban J connectivity index is 1.83. The average molecular weight is 247 g/mol. The fourth-order valence-corrected chi connectivity index (χ4v) is 2.99. The van der Waals surface area contributed by atoms with Crippen LogP contribution in [-0.2, 0) is 6.54 Å². The quantitative estimate of drug-likeness (QED) is 0.838. The molecule has 2 rings (SSSR count). The normalized spacial score (nSPS) is 18.8. The molecule has 0 aromatic heterocycles. The molecule has 0 bridgehead atoms. The Labute approximate surface area is 110 Å². The van der Waals surface area contributed by atoms with Gasteiger partial charge in [0, 0.05) is 25.1 Å². The molecule has 0 saturated heterocycles. The number of aryl methyl sites for hydroxylation is 1. The Kier molecular flexibility index (Phi) is 4.79. The number of aliphatic hydroxyl groups is 1. The molecule has 0 radical (unpaired) electrons. The highest BCUT2D eigenvalue weighted by molar-refractivity contribution is 5.21. The Hall–Kier alpha value is -0.860. The second-order valence-electron chi connectivity index (χ2n) is 5.81. The summed E-state index contributed by atoms with van der Waals surface area (Å²) in [7, 11) is 0. The molecule has 100 valence electrons. The van der Waals surface area contributed by atoms with Gasteiger partial charge in [0.25, 0.3) is 0 Å². The van der Waals surface area contributed by atoms with Crippen LogP contribution >= 0.6 is 0 Å². The van der Waals surface area contributed by atoms with Crippen molar-refractivity contribution in [2.24, 2.45) is 5.41 Å². The van der Waals surface area contributed by atoms with Crippen LogP contribution in [0, 0.1) is 12.3 Å². The van der Waals surface area contributed by atoms with Gasteiger partial charge < -0.3 is 10.4 Å². The predicted molar refractivity (Wildman–Crippen MR) is 75.5 cm³/mol. The SMILES string of the molecule is Cc1cccc(CNCC2(CO)CCCCC2)c1. The summed E-state index contributed by atoms with van der Waals surface area (Å²) in [5.41, 5.74) is 2.78. The third kappa shape index (κ3) is 3.56. The first-order valence-electron chi connectivity index (χ1n) is 7.11. The molecule has 2 N–H and O–H groups in total. The molecule has 2 nitrogen and oxygen atoms in total. The van der Waals surface area contributed by atoms with Crippen LogP contribution in [0.4, 0.5) is 0 Å². The van der Waals surface area contributed by atoms with Gasteiger partial charge in [0.2, 0.25) is 0 Å². The van der Waals surface area contributed by atoms with Gasteiger partial charge in [0.1, 0.15) is 0 Å². The highest BCUT2D eigenvalue weighted by Gasteiger charge is 2.30. The lowest BCUT2D eigenvalue weighted by Crippen LogP contribution is -2.38. The third-order valence-electron chi connectivity index (χ3n) is 4.16. The highest BCUT2D eigenvalue weighted by Crippen LogP contribution is 2.35. The molecule has 1 aromatic rings. The molecule has 1 aliphatic rings. The van der Waals surface area contributed by atoms with E-state index in [1.165, 1.54) is 43.2 Å². The molecule has 0 heterocycles. The zero-order valence-corrected chi connectivity index (χ0v) is 11.4. The number of aliphatic hydroxyl groups excluding tert-OH is 1. The van der Waals surface area contributed by atoms with Gasteiger partial charge in [-0.1, -0.05) is 49.1 Å². The lowest BCUT2D eigenvalue weighted by Gasteiger charge is -2.35. The van der Waals surface area contributed by atoms with Crippen LogP contribution in [0.3, 0.4) is 0 Å². The molecular weight excluding hydrogens is 222 g/mol. The topological polar surface area (TPSA) is 32.3 Å². The molecule has 0 atom stereocenters. The van der Waals surface area contributed by atoms with Crippen LogP contribution in [-0.4, -0.2) is 18.3 Å². The van der Waals surface area contributed by atoms with Gasteiger partial charge in [0.15, 0.2) is 0 Å². The molecule has 1 aliphatic carbocycles. The van der Waals surface area contributed by atoms with Gasteiger partial charge in [-0.3, -0.25) is 0 Å². The molecule has 0 aliphatic heterocycles. The van der Waals surface area contributed by atoms with Crippen molar-refractivity contribution in [3.63, 3.8) is 0 Å². The fraction of sp³-hybridized carbons (Fsp3) is 0.625. The minimum atomic E-state index is 0.141. The maximum absolute atomic E-state index is 9.64. The largest absolute Gasteiger partial charge is 0.396 e. The first-order valence-corrected chi connectivity index (χ1v) is 7.11. The van der Waals surface area contributed by atoms with E-state index >= 15 is 0 Å². The van der Waals surface area contributed by atoms with Crippen molar-refractivity contribution in [3.8, 4) is 0 Å². The monoisotopic (exact) mass is 247 g/mol. The van der Waals surface area contributed by atoms with Crippen molar-refractivity contribution in [2.45, 2.75) is 45.6 Å². The molecule has 1 saturated carbocycles. The van der Waals surface area contributed by atoms with Crippen LogP contribution in [0.1, 0.15) is 43.2 Å². The number of benzene rings is 1. The molecular formula is C16H25NO. The standard InChI is InChI=1S/C16H25NO/c1-14-6-5-7-15(10-14)11-17-12-16(13-18)8-3-2-4-9-16/h5-7,10,17-18H,2-4,8-9,11-13H2,1H3. The smallest absolute Gasteiger partial charge is 0.0499 e. The molecule has 18 heavy (non-hydrogen) atoms. The summed E-state index contributed by atoms with van der Waals surface area (Å²) >= 11 is 0. The number of hydrogen-bond donors (Lipinski definition) is 2. The van der Waals surface area contributed by atoms with Gasteiger partial charge in [-0.2, -0.15) is 0 Å². The van der Waals surface area contributed by atoms with Crippen molar-refractivity contribution in [2.75, 3.05) is 13.2 Å². The van der Waals surface area contributed by atoms with Crippen molar-refractivity contribution >= 4 is 0 Å². The Bertz CT molecular complexity index is 369. The van der Waals surface area contributed by atoms with Gasteiger partial charge >= 0.3 is 0 Å². The summed E-state index contributed by atoms with van der Waals surface area (Å²) in [5.74, 6) is 0. The van der Waals surface area contributed by atoms with E-state index in [0.717, 1.165) is 13.1 Å². The number of hydrogen-bond acceptors (Lipinski definition) is 2. The van der Waals surface area contributed by atoms with Crippen LogP contribution in [0.15, 0.2) is 24.3 Å². The van der Waals surface area contributed by atoms with E-state index < -0.39 is 0 Å². The van der Waals surface area contributed by atoms with Gasteiger partial charge in [0.05, 0.1) is 0 Å². The van der Waals surface area contributed by atoms with Crippen molar-refractivity contribution < 1.29 is 5.11 Å². The van der Waals surface area contributed by atoms with Crippen LogP contribution < -0.4 is 5.32 Å². The van der Waals surface area contributed by atoms with Crippen LogP contribution in [0.25, 0.3) is 0 Å². The summed E-state index contributed by atoms with van der Waals surface area (Å²) in [6.45, 7) is 4.30. The predicted octanol–water partition coefficient (Wildman–Crippen LogP) is 3.03. The van der Waals surface area contributed by atoms with Gasteiger partial charge in [-0.05, 0) is 25.3 Å². The Morgan fingerprint density at radius 1 is 1.22 bits per heavy atom. The molecule has 0 spiro atoms. The molecule has 1 aromatic carbocycles. The van der Waals surface area contributed by atoms with E-state index in [0.29, 0.717) is 6.61 Å². The fourth-order valence-electron chi connectivity index (χ4n) is 2.99. The Morgan fingerprint density at radius 2 is 2.00 bits per heavy atom. The Morgan fingerprint density at radius 3 is 2.67 bits per heavy atom. The lowest BCUT2D eigenvalue weighted by atomic mass is 9.74. The van der Waals surface area contributed by atoms with E-state index in [2.05, 4.69) is 36.5 Å². The summed E-state index contributed by atoms with van der Waals surface area (Å²) in [6, 6.07) is 8.61. The second-order valence-corrected chi connectivity index (χ2v) is 5.81. The first kappa shape index (κ1) is 13.6.